The Bertz CT molecular complexity index is 4080. The number of methoxy groups -OCH3 is 3. The zero-order valence-corrected chi connectivity index (χ0v) is 98.5. The second-order valence-electron chi connectivity index (χ2n) is 44.8. The number of allylic oxidation sites excluding steroid dienone is 15. The molecule has 0 aromatic heterocycles. The van der Waals surface area contributed by atoms with E-state index < -0.39 is 6.10 Å². The zero-order valence-electron chi connectivity index (χ0n) is 98.5. The number of rotatable bonds is 62. The minimum absolute atomic E-state index is 0. The van der Waals surface area contributed by atoms with Gasteiger partial charge in [-0.3, -0.25) is 0 Å². The number of hydrogen-bond acceptors (Lipinski definition) is 15. The Labute approximate surface area is 883 Å². The maximum Gasteiger partial charge on any atom is 0.332 e. The Morgan fingerprint density at radius 1 is 0.493 bits per heavy atom. The number of ether oxygens (including phenoxy) is 10. The molecule has 16 nitrogen and oxygen atoms in total. The second kappa shape index (κ2) is 82.2. The van der Waals surface area contributed by atoms with Crippen molar-refractivity contribution in [2.75, 3.05) is 34.5 Å². The molecule has 5 rings (SSSR count). The highest BCUT2D eigenvalue weighted by atomic mass is 16.6. The molecule has 0 aliphatic carbocycles. The molecule has 0 radical (unpaired) electrons. The van der Waals surface area contributed by atoms with Crippen LogP contribution in [0.15, 0.2) is 167 Å². The van der Waals surface area contributed by atoms with E-state index in [-0.39, 0.29) is 58.2 Å². The monoisotopic (exact) mass is 2010 g/mol. The normalized spacial score (nSPS) is 18.1. The Morgan fingerprint density at radius 3 is 1.32 bits per heavy atom. The number of carbonyl (C=O) groups excluding carboxylic acids is 5. The maximum absolute atomic E-state index is 11.5. The van der Waals surface area contributed by atoms with Crippen molar-refractivity contribution in [1.82, 2.24) is 0 Å². The average molecular weight is 2010 g/mol. The molecule has 824 valence electrons. The molecule has 11 atom stereocenters. The van der Waals surface area contributed by atoms with Gasteiger partial charge >= 0.3 is 29.8 Å². The number of terminal acetylenes is 1. The van der Waals surface area contributed by atoms with Crippen LogP contribution in [0.1, 0.15) is 443 Å². The van der Waals surface area contributed by atoms with E-state index in [2.05, 4.69) is 254 Å². The van der Waals surface area contributed by atoms with Gasteiger partial charge in [0, 0.05) is 37.5 Å². The van der Waals surface area contributed by atoms with Crippen LogP contribution < -0.4 is 4.74 Å². The predicted molar refractivity (Wildman–Crippen MR) is 610 cm³/mol. The Balaban J connectivity index is -0.00000161. The summed E-state index contributed by atoms with van der Waals surface area (Å²) in [5.74, 6) is 7.17. The van der Waals surface area contributed by atoms with E-state index in [0.717, 1.165) is 154 Å². The average Bonchev–Trinajstić information content (AvgIpc) is 1.63. The number of carbonyl (C=O) groups is 5. The largest absolute Gasteiger partial charge is 0.494 e. The lowest BCUT2D eigenvalue weighted by atomic mass is 9.87. The third-order valence-electron chi connectivity index (χ3n) is 26.8. The lowest BCUT2D eigenvalue weighted by Crippen LogP contribution is -2.22. The van der Waals surface area contributed by atoms with Crippen molar-refractivity contribution >= 4 is 29.8 Å². The summed E-state index contributed by atoms with van der Waals surface area (Å²) in [4.78, 5) is 56.4. The number of aryl methyl sites for hydroxylation is 3. The Hall–Kier alpha value is -7.65. The van der Waals surface area contributed by atoms with Crippen LogP contribution in [0.4, 0.5) is 0 Å². The van der Waals surface area contributed by atoms with Crippen LogP contribution in [0.3, 0.4) is 0 Å². The summed E-state index contributed by atoms with van der Waals surface area (Å²) < 4.78 is 52.3. The molecule has 3 aliphatic rings. The summed E-state index contributed by atoms with van der Waals surface area (Å²) in [6.07, 6.45) is 72.8. The minimum atomic E-state index is -0.480. The van der Waals surface area contributed by atoms with Crippen molar-refractivity contribution < 1.29 is 76.8 Å². The third-order valence-corrected chi connectivity index (χ3v) is 26.8. The van der Waals surface area contributed by atoms with Crippen LogP contribution in [-0.4, -0.2) is 123 Å². The molecule has 0 spiro atoms. The molecule has 144 heavy (non-hydrogen) atoms. The van der Waals surface area contributed by atoms with Crippen molar-refractivity contribution in [3.8, 4) is 18.1 Å². The summed E-state index contributed by atoms with van der Waals surface area (Å²) in [5.41, 5.74) is 12.8. The smallest absolute Gasteiger partial charge is 0.332 e. The first kappa shape index (κ1) is 140. The van der Waals surface area contributed by atoms with Crippen LogP contribution in [-0.2, 0) is 73.0 Å². The molecule has 2 aromatic carbocycles. The molecule has 0 bridgehead atoms. The molecule has 0 amide bonds. The molecular formula is C128H216O16. The van der Waals surface area contributed by atoms with Crippen LogP contribution in [0.2, 0.25) is 0 Å². The first-order valence-corrected chi connectivity index (χ1v) is 55.6. The standard InChI is InChI=1S/C19H34O3.2C19H30O2.C19H32.C18H30O3.C17H28O3.C17H30O2.H2O/c1-15(2)22-18(20)14-17(4)11-8-10-16(3)12-9-13-19(5,6)21-7;1-5-16(9-12-18-19(4,6-2)21-18)13-14-20-17-10-7-15(3)8-11-17;1-7-18(6)21-19(20)14-17(5)13-9-12-16(4)11-8-10-15(2)3;1-16(9-7-15-19(3,4)5)8-6-10-18-13-11-17(2)12-14-18;1-6-15(11-8-12-16-18(3,4)21-16)10-7-9-14(2)13-17(19)20-5;1-5-15(10-7-11-16-14(3)20-16)9-6-8-13(2)12-17(18)19-4;1-6-19-17(18)13-16(5)12-8-11-15(4)10-7-9-14(2)3;/h8,11,14-16H,9-10,12-13H2,1-7H3;7-8,10-11,16,18H,5-6,9,12-14H2,1-4H3;1,9,13-16,18H,8,10-12H2,2-6H3;11-14,16H,6-10,15H2,1-5H3;10,13,16H,6-9,11-12H2,1-5H3;9,12,14,16H,5-8,10-11H2,1-4H3;8,12-15H,6-7,9-11H2,1-5H3;1H2/b11-8+,17-14+;;13-9+,17-14+;;14-13+,15-10+;13-12+,15-9+;12-8+,16-13+;. The Morgan fingerprint density at radius 2 is 0.924 bits per heavy atom. The molecule has 16 heteroatoms. The predicted octanol–water partition coefficient (Wildman–Crippen LogP) is 34.1. The quantitative estimate of drug-likeness (QED) is 0.0114. The van der Waals surface area contributed by atoms with Crippen LogP contribution >= 0.6 is 0 Å². The van der Waals surface area contributed by atoms with Gasteiger partial charge in [-0.15, -0.1) is 6.42 Å². The van der Waals surface area contributed by atoms with Gasteiger partial charge in [-0.05, 0) is 347 Å². The van der Waals surface area contributed by atoms with Gasteiger partial charge in [0.25, 0.3) is 0 Å². The molecule has 0 saturated carbocycles. The minimum Gasteiger partial charge on any atom is -0.494 e. The van der Waals surface area contributed by atoms with Crippen molar-refractivity contribution in [2.45, 2.75) is 500 Å². The van der Waals surface area contributed by atoms with E-state index in [9.17, 15) is 24.0 Å². The van der Waals surface area contributed by atoms with E-state index in [0.29, 0.717) is 54.2 Å². The van der Waals surface area contributed by atoms with E-state index in [1.807, 2.05) is 73.6 Å². The summed E-state index contributed by atoms with van der Waals surface area (Å²) in [6.45, 7) is 69.6. The number of esters is 5. The van der Waals surface area contributed by atoms with Gasteiger partial charge in [0.2, 0.25) is 0 Å². The van der Waals surface area contributed by atoms with Crippen LogP contribution in [0.25, 0.3) is 0 Å². The molecule has 3 aliphatic heterocycles. The molecule has 3 saturated heterocycles. The van der Waals surface area contributed by atoms with Gasteiger partial charge in [0.15, 0.2) is 6.10 Å². The van der Waals surface area contributed by atoms with Gasteiger partial charge in [-0.25, -0.2) is 24.0 Å². The van der Waals surface area contributed by atoms with E-state index >= 15 is 0 Å². The number of epoxide rings is 3. The highest BCUT2D eigenvalue weighted by molar-refractivity contribution is 5.85. The summed E-state index contributed by atoms with van der Waals surface area (Å²) in [7, 11) is 4.59. The van der Waals surface area contributed by atoms with E-state index in [4.69, 9.17) is 44.3 Å². The third kappa shape index (κ3) is 82.3. The number of benzene rings is 2. The van der Waals surface area contributed by atoms with Crippen molar-refractivity contribution in [2.24, 2.45) is 46.8 Å². The zero-order chi connectivity index (χ0) is 109. The van der Waals surface area contributed by atoms with E-state index in [1.54, 1.807) is 38.3 Å². The molecule has 3 heterocycles. The van der Waals surface area contributed by atoms with Crippen molar-refractivity contribution in [1.29, 1.82) is 0 Å². The molecule has 2 N–H and O–H groups in total. The van der Waals surface area contributed by atoms with Gasteiger partial charge < -0.3 is 52.8 Å². The first-order chi connectivity index (χ1) is 67.3. The fourth-order valence-electron chi connectivity index (χ4n) is 16.2. The summed E-state index contributed by atoms with van der Waals surface area (Å²) >= 11 is 0. The molecule has 11 unspecified atom stereocenters. The van der Waals surface area contributed by atoms with Crippen molar-refractivity contribution in [3.63, 3.8) is 0 Å². The first-order valence-electron chi connectivity index (χ1n) is 55.6. The lowest BCUT2D eigenvalue weighted by Gasteiger charge is -2.23. The highest BCUT2D eigenvalue weighted by Crippen LogP contribution is 2.43. The van der Waals surface area contributed by atoms with Gasteiger partial charge in [0.05, 0.1) is 74.8 Å². The van der Waals surface area contributed by atoms with E-state index in [1.165, 1.54) is 183 Å². The topological polar surface area (TPSA) is 219 Å². The number of hydrogen-bond donors (Lipinski definition) is 0. The highest BCUT2D eigenvalue weighted by Gasteiger charge is 2.50. The van der Waals surface area contributed by atoms with Gasteiger partial charge in [-0.1, -0.05) is 305 Å². The fourth-order valence-corrected chi connectivity index (χ4v) is 16.2. The summed E-state index contributed by atoms with van der Waals surface area (Å²) in [6, 6.07) is 17.3. The fraction of sp³-hybridized carbons (Fsp3) is 0.695. The van der Waals surface area contributed by atoms with Crippen LogP contribution in [0.5, 0.6) is 5.75 Å². The lowest BCUT2D eigenvalue weighted by molar-refractivity contribution is -0.141. The van der Waals surface area contributed by atoms with Crippen LogP contribution in [0, 0.1) is 73.0 Å². The molecular weight excluding hydrogens is 1790 g/mol. The molecule has 2 aromatic rings. The maximum atomic E-state index is 11.5. The summed E-state index contributed by atoms with van der Waals surface area (Å²) in [5, 5.41) is 0. The SMILES string of the molecule is C#CC(C)OC(=O)/C=C(C)/C=C/CC(C)CCCC(C)C.CC/C(=C\CC/C(C)=C/C(=O)OC)CCCC1OC1(C)C.CC/C(=C\CC/C(C)=C/C(=O)OC)CCCC1OC1C.CCC(CCOc1ccc(C)cc1)CCC1OC1(C)CC.CCOC(=O)/C=C(C)/C=C/CC(C)CCCC(C)C.COC(C)(C)CCCC(C)C/C=C/C(C)=C/C(=O)OC(C)C.Cc1ccc(CCCC(C)CCCC(C)(C)C)cc1.O. The van der Waals surface area contributed by atoms with Gasteiger partial charge in [0.1, 0.15) is 5.75 Å². The van der Waals surface area contributed by atoms with Crippen molar-refractivity contribution in [3.05, 3.63) is 183 Å². The Kier molecular flexibility index (Phi) is 80.2. The van der Waals surface area contributed by atoms with Gasteiger partial charge in [-0.2, -0.15) is 0 Å². The second-order valence-corrected chi connectivity index (χ2v) is 44.8. The molecule has 3 fully saturated rings.